The van der Waals surface area contributed by atoms with Gasteiger partial charge in [-0.3, -0.25) is 19.0 Å². The minimum absolute atomic E-state index is 0.0425. The molecule has 2 heterocycles. The second-order valence-corrected chi connectivity index (χ2v) is 10.2. The zero-order valence-corrected chi connectivity index (χ0v) is 21.9. The van der Waals surface area contributed by atoms with Crippen LogP contribution in [0.3, 0.4) is 0 Å². The van der Waals surface area contributed by atoms with Crippen LogP contribution in [0.4, 0.5) is 5.82 Å². The Labute approximate surface area is 222 Å². The lowest BCUT2D eigenvalue weighted by atomic mass is 10.0. The van der Waals surface area contributed by atoms with Crippen molar-refractivity contribution >= 4 is 17.6 Å². The van der Waals surface area contributed by atoms with Gasteiger partial charge in [0, 0.05) is 50.2 Å². The van der Waals surface area contributed by atoms with E-state index < -0.39 is 6.04 Å². The molecule has 1 saturated carbocycles. The van der Waals surface area contributed by atoms with E-state index in [4.69, 9.17) is 0 Å². The Morgan fingerprint density at radius 2 is 1.79 bits per heavy atom. The van der Waals surface area contributed by atoms with Gasteiger partial charge in [0.15, 0.2) is 5.82 Å². The summed E-state index contributed by atoms with van der Waals surface area (Å²) in [5.74, 6) is 0.0569. The van der Waals surface area contributed by atoms with Crippen molar-refractivity contribution in [2.75, 3.05) is 38.5 Å². The Balaban J connectivity index is 1.41. The van der Waals surface area contributed by atoms with Gasteiger partial charge in [-0.1, -0.05) is 36.4 Å². The number of likely N-dealkylation sites (N-methyl/N-ethyl adjacent to an activating group) is 1. The van der Waals surface area contributed by atoms with E-state index in [1.54, 1.807) is 24.5 Å². The predicted octanol–water partition coefficient (Wildman–Crippen LogP) is 2.75. The Morgan fingerprint density at radius 1 is 1.05 bits per heavy atom. The highest BCUT2D eigenvalue weighted by atomic mass is 16.2. The molecule has 9 heteroatoms. The van der Waals surface area contributed by atoms with Crippen LogP contribution in [0.15, 0.2) is 65.7 Å². The first kappa shape index (κ1) is 25.7. The Bertz CT molecular complexity index is 1360. The highest BCUT2D eigenvalue weighted by molar-refractivity contribution is 5.95. The third-order valence-corrected chi connectivity index (χ3v) is 7.23. The van der Waals surface area contributed by atoms with Crippen LogP contribution >= 0.6 is 0 Å². The number of anilines is 1. The molecule has 0 bridgehead atoms. The monoisotopic (exact) mass is 514 g/mol. The lowest BCUT2D eigenvalue weighted by Gasteiger charge is -2.33. The minimum atomic E-state index is -0.420. The largest absolute Gasteiger partial charge is 0.358 e. The van der Waals surface area contributed by atoms with E-state index in [1.807, 2.05) is 48.2 Å². The summed E-state index contributed by atoms with van der Waals surface area (Å²) in [5.41, 5.74) is 2.55. The maximum Gasteiger partial charge on any atom is 0.297 e. The van der Waals surface area contributed by atoms with Gasteiger partial charge in [0.2, 0.25) is 5.91 Å². The number of hydrogen-bond acceptors (Lipinski definition) is 6. The second-order valence-electron chi connectivity index (χ2n) is 10.2. The lowest BCUT2D eigenvalue weighted by Crippen LogP contribution is -2.47. The smallest absolute Gasteiger partial charge is 0.297 e. The second kappa shape index (κ2) is 11.2. The van der Waals surface area contributed by atoms with Gasteiger partial charge in [0.05, 0.1) is 18.2 Å². The van der Waals surface area contributed by atoms with Crippen molar-refractivity contribution in [3.63, 3.8) is 0 Å². The molecule has 198 valence electrons. The molecule has 1 aromatic heterocycles. The van der Waals surface area contributed by atoms with Crippen LogP contribution in [-0.2, 0) is 4.79 Å². The number of aryl methyl sites for hydroxylation is 1. The van der Waals surface area contributed by atoms with Crippen molar-refractivity contribution in [2.45, 2.75) is 38.3 Å². The summed E-state index contributed by atoms with van der Waals surface area (Å²) < 4.78 is 1.50. The third kappa shape index (κ3) is 5.94. The Morgan fingerprint density at radius 3 is 2.50 bits per heavy atom. The zero-order chi connectivity index (χ0) is 26.6. The zero-order valence-electron chi connectivity index (χ0n) is 21.9. The molecular weight excluding hydrogens is 480 g/mol. The average Bonchev–Trinajstić information content (AvgIpc) is 3.74. The van der Waals surface area contributed by atoms with E-state index in [-0.39, 0.29) is 35.7 Å². The Kier molecular flexibility index (Phi) is 7.55. The molecule has 3 aromatic rings. The first-order valence-corrected chi connectivity index (χ1v) is 13.2. The maximum absolute atomic E-state index is 13.6. The molecule has 5 rings (SSSR count). The van der Waals surface area contributed by atoms with E-state index in [1.165, 1.54) is 4.57 Å². The van der Waals surface area contributed by atoms with Crippen LogP contribution in [0.2, 0.25) is 0 Å². The van der Waals surface area contributed by atoms with Crippen LogP contribution in [-0.4, -0.2) is 70.4 Å². The van der Waals surface area contributed by atoms with Crippen molar-refractivity contribution in [3.8, 4) is 5.69 Å². The normalized spacial score (nSPS) is 16.6. The summed E-state index contributed by atoms with van der Waals surface area (Å²) in [5, 5.41) is 6.26. The SMILES string of the molecule is Cc1ccc(C(=O)NC2CC2)cc1-n1ccnc(N[C@H](CC(=O)N2CCN(C)CC2)c2ccccc2)c1=O. The molecule has 0 radical (unpaired) electrons. The van der Waals surface area contributed by atoms with Gasteiger partial charge < -0.3 is 20.4 Å². The molecule has 2 aliphatic rings. The molecule has 1 saturated heterocycles. The van der Waals surface area contributed by atoms with E-state index in [0.717, 1.165) is 37.1 Å². The number of aromatic nitrogens is 2. The highest BCUT2D eigenvalue weighted by Gasteiger charge is 2.26. The fourth-order valence-corrected chi connectivity index (χ4v) is 4.67. The van der Waals surface area contributed by atoms with E-state index in [2.05, 4.69) is 27.6 Å². The summed E-state index contributed by atoms with van der Waals surface area (Å²) in [4.78, 5) is 47.9. The van der Waals surface area contributed by atoms with Crippen LogP contribution in [0.1, 0.15) is 46.8 Å². The van der Waals surface area contributed by atoms with Gasteiger partial charge in [-0.05, 0) is 50.1 Å². The van der Waals surface area contributed by atoms with Crippen molar-refractivity contribution in [2.24, 2.45) is 0 Å². The standard InChI is InChI=1S/C29H34N6O3/c1-20-8-9-22(28(37)31-23-10-11-23)18-25(20)35-13-12-30-27(29(35)38)32-24(21-6-4-3-5-7-21)19-26(36)34-16-14-33(2)15-17-34/h3-9,12-13,18,23-24H,10-11,14-17,19H2,1-2H3,(H,30,32)(H,31,37)/t24-/m1/s1. The fraction of sp³-hybridized carbons (Fsp3) is 0.379. The molecule has 1 atom stereocenters. The molecule has 2 aromatic carbocycles. The van der Waals surface area contributed by atoms with Gasteiger partial charge in [-0.2, -0.15) is 0 Å². The van der Waals surface area contributed by atoms with Crippen LogP contribution in [0.25, 0.3) is 5.69 Å². The first-order valence-electron chi connectivity index (χ1n) is 13.2. The predicted molar refractivity (Wildman–Crippen MR) is 147 cm³/mol. The van der Waals surface area contributed by atoms with Gasteiger partial charge >= 0.3 is 0 Å². The molecule has 0 spiro atoms. The van der Waals surface area contributed by atoms with Crippen molar-refractivity contribution in [1.29, 1.82) is 0 Å². The third-order valence-electron chi connectivity index (χ3n) is 7.23. The van der Waals surface area contributed by atoms with E-state index in [9.17, 15) is 14.4 Å². The summed E-state index contributed by atoms with van der Waals surface area (Å²) in [6.07, 6.45) is 5.38. The first-order chi connectivity index (χ1) is 18.4. The highest BCUT2D eigenvalue weighted by Crippen LogP contribution is 2.23. The molecule has 2 N–H and O–H groups in total. The number of rotatable bonds is 8. The van der Waals surface area contributed by atoms with E-state index >= 15 is 0 Å². The van der Waals surface area contributed by atoms with Gasteiger partial charge in [0.25, 0.3) is 11.5 Å². The summed E-state index contributed by atoms with van der Waals surface area (Å²) in [7, 11) is 2.05. The van der Waals surface area contributed by atoms with Crippen LogP contribution in [0, 0.1) is 6.92 Å². The fourth-order valence-electron chi connectivity index (χ4n) is 4.67. The number of benzene rings is 2. The van der Waals surface area contributed by atoms with Crippen molar-refractivity contribution in [1.82, 2.24) is 24.7 Å². The van der Waals surface area contributed by atoms with Crippen LogP contribution in [0.5, 0.6) is 0 Å². The summed E-state index contributed by atoms with van der Waals surface area (Å²) in [6, 6.07) is 14.8. The van der Waals surface area contributed by atoms with E-state index in [0.29, 0.717) is 24.3 Å². The molecule has 0 unspecified atom stereocenters. The molecule has 9 nitrogen and oxygen atoms in total. The van der Waals surface area contributed by atoms with Gasteiger partial charge in [-0.25, -0.2) is 4.98 Å². The number of nitrogens with one attached hydrogen (secondary N) is 2. The number of piperazine rings is 1. The van der Waals surface area contributed by atoms with Crippen LogP contribution < -0.4 is 16.2 Å². The maximum atomic E-state index is 13.6. The summed E-state index contributed by atoms with van der Waals surface area (Å²) in [6.45, 7) is 4.97. The van der Waals surface area contributed by atoms with Gasteiger partial charge in [0.1, 0.15) is 0 Å². The molecule has 38 heavy (non-hydrogen) atoms. The Hall–Kier alpha value is -3.98. The van der Waals surface area contributed by atoms with Gasteiger partial charge in [-0.15, -0.1) is 0 Å². The number of nitrogens with zero attached hydrogens (tertiary/aromatic N) is 4. The lowest BCUT2D eigenvalue weighted by molar-refractivity contribution is -0.133. The molecular formula is C29H34N6O3. The molecule has 2 amide bonds. The number of hydrogen-bond donors (Lipinski definition) is 2. The minimum Gasteiger partial charge on any atom is -0.358 e. The number of carbonyl (C=O) groups is 2. The molecule has 1 aliphatic heterocycles. The molecule has 1 aliphatic carbocycles. The number of carbonyl (C=O) groups excluding carboxylic acids is 2. The molecule has 2 fully saturated rings. The number of amides is 2. The van der Waals surface area contributed by atoms with Crippen molar-refractivity contribution < 1.29 is 9.59 Å². The topological polar surface area (TPSA) is 99.6 Å². The average molecular weight is 515 g/mol. The quantitative estimate of drug-likeness (QED) is 0.480. The summed E-state index contributed by atoms with van der Waals surface area (Å²) >= 11 is 0. The van der Waals surface area contributed by atoms with Crippen molar-refractivity contribution in [3.05, 3.63) is 88.0 Å².